The van der Waals surface area contributed by atoms with Crippen LogP contribution in [0.5, 0.6) is 0 Å². The van der Waals surface area contributed by atoms with Gasteiger partial charge in [-0.25, -0.2) is 0 Å². The third kappa shape index (κ3) is 4.80. The fourth-order valence-electron chi connectivity index (χ4n) is 5.67. The predicted octanol–water partition coefficient (Wildman–Crippen LogP) is 1.84. The summed E-state index contributed by atoms with van der Waals surface area (Å²) in [6.07, 6.45) is 2.43. The van der Waals surface area contributed by atoms with Gasteiger partial charge < -0.3 is 14.9 Å². The molecule has 0 saturated heterocycles. The van der Waals surface area contributed by atoms with E-state index in [0.29, 0.717) is 25.6 Å². The molecule has 0 spiro atoms. The van der Waals surface area contributed by atoms with Gasteiger partial charge in [0.05, 0.1) is 18.4 Å². The molecule has 1 aromatic rings. The van der Waals surface area contributed by atoms with Crippen molar-refractivity contribution in [2.75, 3.05) is 39.1 Å². The van der Waals surface area contributed by atoms with Crippen molar-refractivity contribution in [3.05, 3.63) is 33.8 Å². The van der Waals surface area contributed by atoms with E-state index in [1.807, 2.05) is 6.07 Å². The quantitative estimate of drug-likeness (QED) is 0.179. The minimum Gasteiger partial charge on any atom is -0.464 e. The highest BCUT2D eigenvalue weighted by atomic mass is 32.2. The fourth-order valence-corrected chi connectivity index (χ4v) is 6.43. The maximum absolute atomic E-state index is 10.8. The monoisotopic (exact) mass is 424 g/mol. The first-order chi connectivity index (χ1) is 14.1. The van der Waals surface area contributed by atoms with Gasteiger partial charge in [0.25, 0.3) is 0 Å². The van der Waals surface area contributed by atoms with Crippen molar-refractivity contribution in [3.63, 3.8) is 0 Å². The highest BCUT2D eigenvalue weighted by molar-refractivity contribution is 7.98. The molecule has 4 N–H and O–H groups in total. The Kier molecular flexibility index (Phi) is 6.80. The molecule has 5 atom stereocenters. The summed E-state index contributed by atoms with van der Waals surface area (Å²) in [5.74, 6) is 7.79. The van der Waals surface area contributed by atoms with E-state index in [2.05, 4.69) is 16.7 Å². The normalized spacial score (nSPS) is 31.2. The topological polar surface area (TPSA) is 116 Å². The minimum absolute atomic E-state index is 0.0453. The van der Waals surface area contributed by atoms with Crippen molar-refractivity contribution in [3.8, 4) is 0 Å². The van der Waals surface area contributed by atoms with Crippen molar-refractivity contribution < 1.29 is 14.1 Å². The molecule has 1 heterocycles. The Morgan fingerprint density at radius 1 is 1.34 bits per heavy atom. The molecule has 29 heavy (non-hydrogen) atoms. The number of nitrogens with two attached hydrogens (primary N) is 1. The molecule has 1 aromatic heterocycles. The average Bonchev–Trinajstić information content (AvgIpc) is 3.22. The molecule has 4 aliphatic rings. The van der Waals surface area contributed by atoms with Crippen LogP contribution in [0.15, 0.2) is 16.5 Å². The second kappa shape index (κ2) is 9.34. The summed E-state index contributed by atoms with van der Waals surface area (Å²) >= 11 is 1.75. The van der Waals surface area contributed by atoms with Crippen molar-refractivity contribution in [1.29, 1.82) is 0 Å². The third-order valence-electron chi connectivity index (χ3n) is 6.87. The number of nitro groups is 1. The Balaban J connectivity index is 1.15. The Bertz CT molecular complexity index is 688. The van der Waals surface area contributed by atoms with Gasteiger partial charge in [-0.3, -0.25) is 20.7 Å². The summed E-state index contributed by atoms with van der Waals surface area (Å²) in [5, 5.41) is 17.1. The highest BCUT2D eigenvalue weighted by Crippen LogP contribution is 2.75. The molecule has 4 bridgehead atoms. The van der Waals surface area contributed by atoms with E-state index < -0.39 is 0 Å². The molecule has 4 fully saturated rings. The Morgan fingerprint density at radius 2 is 2.10 bits per heavy atom. The van der Waals surface area contributed by atoms with Crippen LogP contribution in [-0.4, -0.2) is 50.2 Å². The number of methoxy groups -OCH3 is 1. The smallest absolute Gasteiger partial charge is 0.231 e. The summed E-state index contributed by atoms with van der Waals surface area (Å²) in [5.41, 5.74) is 6.57. The van der Waals surface area contributed by atoms with Gasteiger partial charge in [0.2, 0.25) is 6.54 Å². The van der Waals surface area contributed by atoms with Crippen LogP contribution in [0.1, 0.15) is 30.4 Å². The predicted molar refractivity (Wildman–Crippen MR) is 112 cm³/mol. The number of ether oxygens (including phenoxy) is 1. The Morgan fingerprint density at radius 3 is 2.76 bits per heavy atom. The van der Waals surface area contributed by atoms with Crippen LogP contribution in [0.4, 0.5) is 0 Å². The second-order valence-corrected chi connectivity index (χ2v) is 9.67. The molecular weight excluding hydrogens is 392 g/mol. The second-order valence-electron chi connectivity index (χ2n) is 8.57. The molecule has 0 aromatic carbocycles. The van der Waals surface area contributed by atoms with E-state index in [-0.39, 0.29) is 23.7 Å². The zero-order chi connectivity index (χ0) is 20.4. The summed E-state index contributed by atoms with van der Waals surface area (Å²) in [6, 6.07) is 4.14. The molecule has 9 heteroatoms. The van der Waals surface area contributed by atoms with Crippen molar-refractivity contribution in [2.45, 2.75) is 30.8 Å². The lowest BCUT2D eigenvalue weighted by Gasteiger charge is -2.21. The lowest BCUT2D eigenvalue weighted by atomic mass is 9.89. The zero-order valence-corrected chi connectivity index (χ0v) is 17.7. The molecule has 0 amide bonds. The number of nitrogens with one attached hydrogen (secondary N) is 2. The van der Waals surface area contributed by atoms with Gasteiger partial charge in [-0.15, -0.1) is 0 Å². The highest BCUT2D eigenvalue weighted by Gasteiger charge is 2.69. The van der Waals surface area contributed by atoms with Crippen LogP contribution in [-0.2, 0) is 10.5 Å². The van der Waals surface area contributed by atoms with E-state index in [4.69, 9.17) is 14.9 Å². The first-order valence-corrected chi connectivity index (χ1v) is 11.7. The first kappa shape index (κ1) is 21.1. The standard InChI is InChI=1S/C20H32N4O4S/c1-27-6-4-22-17(10-24(25)26)23-5-7-29-11-13-2-3-16(28-13)20(21)18-12-8-14-15(9-12)19(14)18/h2-3,12,14-15,17-20,22-23H,4-11,21H2,1H3. The van der Waals surface area contributed by atoms with Crippen molar-refractivity contribution in [2.24, 2.45) is 35.3 Å². The Labute approximate surface area is 175 Å². The van der Waals surface area contributed by atoms with Crippen molar-refractivity contribution >= 4 is 11.8 Å². The number of hydrogen-bond acceptors (Lipinski definition) is 8. The van der Waals surface area contributed by atoms with Gasteiger partial charge in [0.1, 0.15) is 17.7 Å². The van der Waals surface area contributed by atoms with E-state index >= 15 is 0 Å². The molecule has 8 nitrogen and oxygen atoms in total. The van der Waals surface area contributed by atoms with E-state index in [1.54, 1.807) is 18.9 Å². The maximum Gasteiger partial charge on any atom is 0.231 e. The molecule has 4 aliphatic carbocycles. The summed E-state index contributed by atoms with van der Waals surface area (Å²) in [4.78, 5) is 10.5. The average molecular weight is 425 g/mol. The van der Waals surface area contributed by atoms with Gasteiger partial charge >= 0.3 is 0 Å². The summed E-state index contributed by atoms with van der Waals surface area (Å²) in [6.45, 7) is 1.63. The van der Waals surface area contributed by atoms with Crippen molar-refractivity contribution in [1.82, 2.24) is 10.6 Å². The number of furan rings is 1. The molecule has 0 aliphatic heterocycles. The largest absolute Gasteiger partial charge is 0.464 e. The van der Waals surface area contributed by atoms with Gasteiger partial charge in [-0.05, 0) is 54.6 Å². The van der Waals surface area contributed by atoms with Gasteiger partial charge in [-0.1, -0.05) is 0 Å². The molecule has 162 valence electrons. The van der Waals surface area contributed by atoms with E-state index in [1.165, 1.54) is 12.8 Å². The van der Waals surface area contributed by atoms with E-state index in [0.717, 1.165) is 46.7 Å². The van der Waals surface area contributed by atoms with Gasteiger partial charge in [0.15, 0.2) is 0 Å². The summed E-state index contributed by atoms with van der Waals surface area (Å²) in [7, 11) is 1.61. The summed E-state index contributed by atoms with van der Waals surface area (Å²) < 4.78 is 11.0. The minimum atomic E-state index is -0.349. The Hall–Kier alpha value is -1.13. The van der Waals surface area contributed by atoms with Crippen LogP contribution in [0, 0.1) is 39.7 Å². The number of nitrogens with zero attached hydrogens (tertiary/aromatic N) is 1. The fraction of sp³-hybridized carbons (Fsp3) is 0.800. The lowest BCUT2D eigenvalue weighted by molar-refractivity contribution is -0.484. The lowest BCUT2D eigenvalue weighted by Crippen LogP contribution is -2.48. The van der Waals surface area contributed by atoms with Gasteiger partial charge in [0, 0.05) is 30.9 Å². The molecule has 0 radical (unpaired) electrons. The molecule has 5 unspecified atom stereocenters. The van der Waals surface area contributed by atoms with Crippen LogP contribution in [0.2, 0.25) is 0 Å². The number of hydrogen-bond donors (Lipinski definition) is 3. The first-order valence-electron chi connectivity index (χ1n) is 10.6. The van der Waals surface area contributed by atoms with Crippen LogP contribution >= 0.6 is 11.8 Å². The maximum atomic E-state index is 10.8. The molecule has 4 saturated carbocycles. The van der Waals surface area contributed by atoms with Gasteiger partial charge in [-0.2, -0.15) is 11.8 Å². The third-order valence-corrected chi connectivity index (χ3v) is 7.85. The van der Waals surface area contributed by atoms with E-state index in [9.17, 15) is 10.1 Å². The number of rotatable bonds is 14. The SMILES string of the molecule is COCCNC(C[N+](=O)[O-])NCCSCc1ccc(C(N)C2C3CC4C(C3)C42)o1. The molecular formula is C20H32N4O4S. The van der Waals surface area contributed by atoms with Crippen LogP contribution in [0.25, 0.3) is 0 Å². The zero-order valence-electron chi connectivity index (χ0n) is 16.9. The van der Waals surface area contributed by atoms with Crippen LogP contribution < -0.4 is 16.4 Å². The number of thioether (sulfide) groups is 1. The van der Waals surface area contributed by atoms with Crippen LogP contribution in [0.3, 0.4) is 0 Å². The molecule has 5 rings (SSSR count).